The summed E-state index contributed by atoms with van der Waals surface area (Å²) in [7, 11) is 0. The van der Waals surface area contributed by atoms with Crippen LogP contribution in [0.15, 0.2) is 29.4 Å². The van der Waals surface area contributed by atoms with Crippen LogP contribution in [-0.4, -0.2) is 17.5 Å². The van der Waals surface area contributed by atoms with Gasteiger partial charge in [-0.25, -0.2) is 0 Å². The van der Waals surface area contributed by atoms with Crippen molar-refractivity contribution in [1.82, 2.24) is 0 Å². The van der Waals surface area contributed by atoms with E-state index < -0.39 is 23.3 Å². The van der Waals surface area contributed by atoms with E-state index in [0.717, 1.165) is 12.1 Å². The standard InChI is InChI=1S/C9H6ClF3N2O3/c10-7(8(16)17)15-14-5-1-3-6(4-2-5)18-9(11,12)13/h1-4,14H,(H,16,17)/p-1. The van der Waals surface area contributed by atoms with E-state index in [0.29, 0.717) is 0 Å². The molecule has 1 rings (SSSR count). The number of nitrogens with zero attached hydrogens (tertiary/aromatic N) is 1. The van der Waals surface area contributed by atoms with Crippen molar-refractivity contribution in [3.8, 4) is 5.75 Å². The third kappa shape index (κ3) is 4.91. The van der Waals surface area contributed by atoms with E-state index in [2.05, 4.69) is 15.3 Å². The first-order chi connectivity index (χ1) is 8.28. The number of halogens is 4. The van der Waals surface area contributed by atoms with E-state index in [4.69, 9.17) is 11.6 Å². The molecule has 0 saturated heterocycles. The molecule has 1 aromatic carbocycles. The third-order valence-electron chi connectivity index (χ3n) is 1.54. The van der Waals surface area contributed by atoms with E-state index in [-0.39, 0.29) is 5.69 Å². The Kier molecular flexibility index (Phi) is 4.38. The molecule has 9 heteroatoms. The van der Waals surface area contributed by atoms with E-state index in [1.807, 2.05) is 0 Å². The second-order valence-electron chi connectivity index (χ2n) is 2.87. The summed E-state index contributed by atoms with van der Waals surface area (Å²) < 4.78 is 39.1. The van der Waals surface area contributed by atoms with Crippen LogP contribution in [0.5, 0.6) is 5.75 Å². The number of rotatable bonds is 4. The van der Waals surface area contributed by atoms with Crippen molar-refractivity contribution in [2.45, 2.75) is 6.36 Å². The summed E-state index contributed by atoms with van der Waals surface area (Å²) in [5.41, 5.74) is 2.44. The number of aliphatic carboxylic acids is 1. The molecule has 0 saturated carbocycles. The summed E-state index contributed by atoms with van der Waals surface area (Å²) in [6, 6.07) is 4.45. The van der Waals surface area contributed by atoms with Gasteiger partial charge in [0, 0.05) is 0 Å². The Balaban J connectivity index is 2.66. The molecule has 1 aromatic rings. The minimum Gasteiger partial charge on any atom is -0.542 e. The number of carboxylic acids is 1. The zero-order valence-corrected chi connectivity index (χ0v) is 9.25. The lowest BCUT2D eigenvalue weighted by Crippen LogP contribution is -2.28. The Bertz CT molecular complexity index is 459. The predicted molar refractivity (Wildman–Crippen MR) is 55.0 cm³/mol. The largest absolute Gasteiger partial charge is 0.573 e. The summed E-state index contributed by atoms with van der Waals surface area (Å²) in [6.45, 7) is 0. The first kappa shape index (κ1) is 14.1. The van der Waals surface area contributed by atoms with Gasteiger partial charge in [0.2, 0.25) is 0 Å². The number of hydrogen-bond acceptors (Lipinski definition) is 5. The number of hydrazone groups is 1. The zero-order chi connectivity index (χ0) is 13.8. The van der Waals surface area contributed by atoms with Crippen LogP contribution >= 0.6 is 11.6 Å². The van der Waals surface area contributed by atoms with Crippen LogP contribution in [-0.2, 0) is 4.79 Å². The maximum atomic E-state index is 11.8. The molecule has 0 aliphatic carbocycles. The van der Waals surface area contributed by atoms with Gasteiger partial charge in [0.05, 0.1) is 5.69 Å². The van der Waals surface area contributed by atoms with Gasteiger partial charge in [0.15, 0.2) is 5.17 Å². The fraction of sp³-hybridized carbons (Fsp3) is 0.111. The fourth-order valence-electron chi connectivity index (χ4n) is 0.890. The van der Waals surface area contributed by atoms with Gasteiger partial charge < -0.3 is 14.6 Å². The maximum Gasteiger partial charge on any atom is 0.573 e. The number of carbonyl (C=O) groups is 1. The lowest BCUT2D eigenvalue weighted by atomic mass is 10.3. The smallest absolute Gasteiger partial charge is 0.542 e. The van der Waals surface area contributed by atoms with Gasteiger partial charge in [-0.3, -0.25) is 5.43 Å². The molecule has 98 valence electrons. The molecular weight excluding hydrogens is 277 g/mol. The lowest BCUT2D eigenvalue weighted by molar-refractivity contribution is -0.293. The normalized spacial score (nSPS) is 12.1. The monoisotopic (exact) mass is 281 g/mol. The van der Waals surface area contributed by atoms with Crippen molar-refractivity contribution < 1.29 is 27.8 Å². The summed E-state index contributed by atoms with van der Waals surface area (Å²) in [6.07, 6.45) is -4.77. The number of carbonyl (C=O) groups excluding carboxylic acids is 1. The average Bonchev–Trinajstić information content (AvgIpc) is 2.25. The van der Waals surface area contributed by atoms with Gasteiger partial charge >= 0.3 is 6.36 Å². The van der Waals surface area contributed by atoms with E-state index in [1.54, 1.807) is 0 Å². The van der Waals surface area contributed by atoms with Crippen molar-refractivity contribution in [3.63, 3.8) is 0 Å². The number of benzene rings is 1. The van der Waals surface area contributed by atoms with Gasteiger partial charge in [-0.05, 0) is 24.3 Å². The topological polar surface area (TPSA) is 73.8 Å². The Morgan fingerprint density at radius 1 is 1.33 bits per heavy atom. The number of nitrogens with one attached hydrogen (secondary N) is 1. The van der Waals surface area contributed by atoms with Crippen molar-refractivity contribution in [1.29, 1.82) is 0 Å². The molecule has 0 aliphatic heterocycles. The maximum absolute atomic E-state index is 11.8. The Labute approximate surface area is 104 Å². The highest BCUT2D eigenvalue weighted by Crippen LogP contribution is 2.23. The number of carboxylic acid groups (broad SMARTS) is 1. The number of hydrogen-bond donors (Lipinski definition) is 1. The number of alkyl halides is 3. The lowest BCUT2D eigenvalue weighted by Gasteiger charge is -2.09. The summed E-state index contributed by atoms with van der Waals surface area (Å²) in [4.78, 5) is 10.2. The van der Waals surface area contributed by atoms with Crippen LogP contribution in [0.25, 0.3) is 0 Å². The van der Waals surface area contributed by atoms with E-state index in [1.165, 1.54) is 12.1 Å². The summed E-state index contributed by atoms with van der Waals surface area (Å²) in [5.74, 6) is -2.09. The number of ether oxygens (including phenoxy) is 1. The Morgan fingerprint density at radius 2 is 1.89 bits per heavy atom. The van der Waals surface area contributed by atoms with Crippen molar-refractivity contribution in [3.05, 3.63) is 24.3 Å². The van der Waals surface area contributed by atoms with Crippen LogP contribution in [0.4, 0.5) is 18.9 Å². The van der Waals surface area contributed by atoms with Gasteiger partial charge in [-0.2, -0.15) is 5.10 Å². The molecule has 5 nitrogen and oxygen atoms in total. The van der Waals surface area contributed by atoms with Crippen LogP contribution in [0.2, 0.25) is 0 Å². The molecule has 0 amide bonds. The molecule has 0 spiro atoms. The molecule has 0 aromatic heterocycles. The SMILES string of the molecule is O=C([O-])C(Cl)=NNc1ccc(OC(F)(F)F)cc1. The van der Waals surface area contributed by atoms with Crippen LogP contribution in [0.1, 0.15) is 0 Å². The Hall–Kier alpha value is -1.96. The molecule has 0 heterocycles. The van der Waals surface area contributed by atoms with Crippen molar-refractivity contribution >= 4 is 28.4 Å². The molecule has 0 atom stereocenters. The summed E-state index contributed by atoms with van der Waals surface area (Å²) in [5, 5.41) is 12.6. The molecule has 18 heavy (non-hydrogen) atoms. The predicted octanol–water partition coefficient (Wildman–Crippen LogP) is 1.30. The molecule has 0 radical (unpaired) electrons. The highest BCUT2D eigenvalue weighted by molar-refractivity contribution is 6.81. The van der Waals surface area contributed by atoms with Gasteiger partial charge in [-0.15, -0.1) is 13.2 Å². The highest BCUT2D eigenvalue weighted by atomic mass is 35.5. The molecule has 0 bridgehead atoms. The summed E-state index contributed by atoms with van der Waals surface area (Å²) >= 11 is 5.14. The molecule has 1 N–H and O–H groups in total. The second-order valence-corrected chi connectivity index (χ2v) is 3.23. The Morgan fingerprint density at radius 3 is 2.33 bits per heavy atom. The van der Waals surface area contributed by atoms with E-state index >= 15 is 0 Å². The number of anilines is 1. The molecule has 0 aliphatic rings. The minimum absolute atomic E-state index is 0.226. The van der Waals surface area contributed by atoms with Gasteiger partial charge in [0.25, 0.3) is 0 Å². The first-order valence-corrected chi connectivity index (χ1v) is 4.72. The molecule has 0 fully saturated rings. The fourth-order valence-corrected chi connectivity index (χ4v) is 0.933. The van der Waals surface area contributed by atoms with Crippen molar-refractivity contribution in [2.24, 2.45) is 5.10 Å². The first-order valence-electron chi connectivity index (χ1n) is 4.34. The quantitative estimate of drug-likeness (QED) is 0.667. The molecule has 0 unspecified atom stereocenters. The van der Waals surface area contributed by atoms with Crippen LogP contribution in [0, 0.1) is 0 Å². The zero-order valence-electron chi connectivity index (χ0n) is 8.49. The molecular formula is C9H5ClF3N2O3-. The average molecular weight is 282 g/mol. The van der Waals surface area contributed by atoms with Crippen LogP contribution in [0.3, 0.4) is 0 Å². The second kappa shape index (κ2) is 5.58. The van der Waals surface area contributed by atoms with E-state index in [9.17, 15) is 23.1 Å². The highest BCUT2D eigenvalue weighted by Gasteiger charge is 2.30. The third-order valence-corrected chi connectivity index (χ3v) is 1.78. The van der Waals surface area contributed by atoms with Crippen LogP contribution < -0.4 is 15.3 Å². The van der Waals surface area contributed by atoms with Gasteiger partial charge in [-0.1, -0.05) is 11.6 Å². The van der Waals surface area contributed by atoms with Gasteiger partial charge in [0.1, 0.15) is 11.7 Å². The minimum atomic E-state index is -4.77. The van der Waals surface area contributed by atoms with Crippen molar-refractivity contribution in [2.75, 3.05) is 5.43 Å².